The summed E-state index contributed by atoms with van der Waals surface area (Å²) in [6, 6.07) is 25.7. The number of carbonyl (C=O) groups is 4. The van der Waals surface area contributed by atoms with Crippen LogP contribution >= 0.6 is 0 Å². The average molecular weight is 728 g/mol. The van der Waals surface area contributed by atoms with Crippen molar-refractivity contribution >= 4 is 35.6 Å². The van der Waals surface area contributed by atoms with E-state index in [9.17, 15) is 24.0 Å². The molecule has 0 atom stereocenters. The number of hydrogen-bond donors (Lipinski definition) is 5. The van der Waals surface area contributed by atoms with Gasteiger partial charge in [-0.05, 0) is 41.8 Å². The number of amides is 4. The predicted molar refractivity (Wildman–Crippen MR) is 194 cm³/mol. The van der Waals surface area contributed by atoms with Crippen molar-refractivity contribution in [3.8, 4) is 0 Å². The summed E-state index contributed by atoms with van der Waals surface area (Å²) >= 11 is 0. The van der Waals surface area contributed by atoms with Crippen LogP contribution in [0.5, 0.6) is 0 Å². The molecule has 0 unspecified atom stereocenters. The third-order valence-corrected chi connectivity index (χ3v) is 7.35. The summed E-state index contributed by atoms with van der Waals surface area (Å²) in [5.74, 6) is -1.33. The Morgan fingerprint density at radius 2 is 1.40 bits per heavy atom. The van der Waals surface area contributed by atoms with Crippen LogP contribution in [0.4, 0.5) is 10.6 Å². The van der Waals surface area contributed by atoms with Gasteiger partial charge in [0.15, 0.2) is 5.82 Å². The van der Waals surface area contributed by atoms with Crippen LogP contribution in [-0.4, -0.2) is 77.2 Å². The SMILES string of the molecule is Cc1cnc(NCCc2ccccc2)c(=O)n1CC(=O)NCCON=C(N)N.O=C(NCCON1C(=O)c2ccccc2C1=O)OCc1ccccc1. The molecule has 7 N–H and O–H groups in total. The third-order valence-electron chi connectivity index (χ3n) is 7.35. The van der Waals surface area contributed by atoms with Crippen LogP contribution in [0.1, 0.15) is 37.5 Å². The van der Waals surface area contributed by atoms with Gasteiger partial charge in [0, 0.05) is 25.0 Å². The highest BCUT2D eigenvalue weighted by molar-refractivity contribution is 6.20. The van der Waals surface area contributed by atoms with Gasteiger partial charge >= 0.3 is 6.09 Å². The first kappa shape index (κ1) is 39.0. The van der Waals surface area contributed by atoms with Gasteiger partial charge in [-0.15, -0.1) is 5.06 Å². The summed E-state index contributed by atoms with van der Waals surface area (Å²) in [7, 11) is 0. The molecular weight excluding hydrogens is 686 g/mol. The maximum atomic E-state index is 12.6. The number of carbonyl (C=O) groups excluding carboxylic acids is 4. The zero-order valence-corrected chi connectivity index (χ0v) is 29.0. The van der Waals surface area contributed by atoms with Crippen LogP contribution < -0.4 is 33.0 Å². The first-order valence-corrected chi connectivity index (χ1v) is 16.5. The number of ether oxygens (including phenoxy) is 1. The lowest BCUT2D eigenvalue weighted by atomic mass is 10.1. The Morgan fingerprint density at radius 1 is 0.792 bits per heavy atom. The lowest BCUT2D eigenvalue weighted by Crippen LogP contribution is -2.36. The highest BCUT2D eigenvalue weighted by atomic mass is 16.7. The molecule has 0 spiro atoms. The summed E-state index contributed by atoms with van der Waals surface area (Å²) in [6.07, 6.45) is 1.71. The zero-order valence-electron chi connectivity index (χ0n) is 29.0. The van der Waals surface area contributed by atoms with Gasteiger partial charge in [-0.3, -0.25) is 28.6 Å². The van der Waals surface area contributed by atoms with E-state index in [1.807, 2.05) is 60.7 Å². The van der Waals surface area contributed by atoms with Gasteiger partial charge in [0.2, 0.25) is 11.9 Å². The minimum atomic E-state index is -0.602. The topological polar surface area (TPSA) is 235 Å². The molecule has 0 aliphatic carbocycles. The molecule has 1 aromatic heterocycles. The standard InChI is InChI=1S/C18H25N7O3.C18H16N2O5/c1-13-11-23-16(22-8-7-14-5-3-2-4-6-14)17(27)25(13)12-15(26)21-9-10-28-24-18(19)20;21-16-14-8-4-5-9-15(14)17(22)20(16)25-11-10-19-18(23)24-12-13-6-2-1-3-7-13/h2-6,11H,7-10,12H2,1H3,(H,21,26)(H,22,23)(H4,19,20,24);1-9H,10-12H2,(H,19,23). The Morgan fingerprint density at radius 3 is 2.04 bits per heavy atom. The van der Waals surface area contributed by atoms with Crippen LogP contribution in [0.25, 0.3) is 0 Å². The minimum absolute atomic E-state index is 0.0358. The van der Waals surface area contributed by atoms with Crippen LogP contribution in [-0.2, 0) is 38.8 Å². The first-order valence-electron chi connectivity index (χ1n) is 16.5. The highest BCUT2D eigenvalue weighted by Crippen LogP contribution is 2.22. The zero-order chi connectivity index (χ0) is 38.0. The molecule has 17 heteroatoms. The van der Waals surface area contributed by atoms with Crippen LogP contribution in [0, 0.1) is 6.92 Å². The fourth-order valence-corrected chi connectivity index (χ4v) is 4.76. The van der Waals surface area contributed by atoms with Crippen LogP contribution in [0.3, 0.4) is 0 Å². The number of hydrogen-bond acceptors (Lipinski definition) is 11. The van der Waals surface area contributed by atoms with E-state index in [4.69, 9.17) is 25.9 Å². The highest BCUT2D eigenvalue weighted by Gasteiger charge is 2.36. The number of alkyl carbamates (subject to hydrolysis) is 1. The Bertz CT molecular complexity index is 1900. The number of aryl methyl sites for hydroxylation is 1. The maximum absolute atomic E-state index is 12.6. The molecule has 0 saturated carbocycles. The second kappa shape index (κ2) is 20.2. The molecule has 0 radical (unpaired) electrons. The van der Waals surface area contributed by atoms with E-state index in [-0.39, 0.29) is 62.7 Å². The summed E-state index contributed by atoms with van der Waals surface area (Å²) in [4.78, 5) is 74.5. The Hall–Kier alpha value is -6.75. The molecule has 5 rings (SSSR count). The van der Waals surface area contributed by atoms with Crippen molar-refractivity contribution in [1.29, 1.82) is 0 Å². The number of benzene rings is 3. The van der Waals surface area contributed by atoms with Gasteiger partial charge in [0.05, 0.1) is 24.3 Å². The van der Waals surface area contributed by atoms with Crippen molar-refractivity contribution in [2.24, 2.45) is 16.6 Å². The van der Waals surface area contributed by atoms with E-state index < -0.39 is 17.9 Å². The second-order valence-electron chi connectivity index (χ2n) is 11.3. The number of nitrogens with one attached hydrogen (secondary N) is 3. The van der Waals surface area contributed by atoms with Crippen molar-refractivity contribution in [2.45, 2.75) is 26.5 Å². The number of guanidine groups is 1. The molecule has 53 heavy (non-hydrogen) atoms. The van der Waals surface area contributed by atoms with Crippen LogP contribution in [0.15, 0.2) is 101 Å². The molecule has 1 aliphatic rings. The van der Waals surface area contributed by atoms with Gasteiger partial charge in [0.1, 0.15) is 19.8 Å². The van der Waals surface area contributed by atoms with Gasteiger partial charge in [0.25, 0.3) is 17.4 Å². The quantitative estimate of drug-likeness (QED) is 0.0365. The smallest absolute Gasteiger partial charge is 0.407 e. The Kier molecular flexibility index (Phi) is 14.9. The van der Waals surface area contributed by atoms with Crippen molar-refractivity contribution in [1.82, 2.24) is 25.2 Å². The molecule has 2 heterocycles. The van der Waals surface area contributed by atoms with Crippen LogP contribution in [0.2, 0.25) is 0 Å². The molecule has 0 bridgehead atoms. The number of imide groups is 1. The van der Waals surface area contributed by atoms with Gasteiger partial charge in [-0.25, -0.2) is 9.78 Å². The van der Waals surface area contributed by atoms with Gasteiger partial charge < -0.3 is 37.0 Å². The summed E-state index contributed by atoms with van der Waals surface area (Å²) in [6.45, 7) is 2.69. The number of oxime groups is 1. The molecule has 3 aromatic carbocycles. The van der Waals surface area contributed by atoms with Gasteiger partial charge in [-0.2, -0.15) is 0 Å². The number of rotatable bonds is 16. The summed E-state index contributed by atoms with van der Waals surface area (Å²) in [5, 5.41) is 12.2. The Balaban J connectivity index is 0.000000238. The fourth-order valence-electron chi connectivity index (χ4n) is 4.76. The molecule has 4 aromatic rings. The number of anilines is 1. The third kappa shape index (κ3) is 12.2. The van der Waals surface area contributed by atoms with Crippen molar-refractivity contribution in [2.75, 3.05) is 38.2 Å². The normalized spacial score (nSPS) is 11.5. The molecule has 17 nitrogen and oxygen atoms in total. The fraction of sp³-hybridized carbons (Fsp3) is 0.250. The molecule has 0 fully saturated rings. The number of hydroxylamine groups is 2. The van der Waals surface area contributed by atoms with E-state index in [1.165, 1.54) is 4.57 Å². The lowest BCUT2D eigenvalue weighted by molar-refractivity contribution is -0.122. The predicted octanol–water partition coefficient (Wildman–Crippen LogP) is 1.67. The molecule has 1 aliphatic heterocycles. The lowest BCUT2D eigenvalue weighted by Gasteiger charge is -2.13. The molecule has 4 amide bonds. The molecule has 278 valence electrons. The molecular formula is C36H41N9O8. The second-order valence-corrected chi connectivity index (χ2v) is 11.3. The number of nitrogens with zero attached hydrogens (tertiary/aromatic N) is 4. The Labute approximate surface area is 304 Å². The van der Waals surface area contributed by atoms with E-state index >= 15 is 0 Å². The van der Waals surface area contributed by atoms with Crippen molar-refractivity contribution < 1.29 is 33.6 Å². The first-order chi connectivity index (χ1) is 25.6. The van der Waals surface area contributed by atoms with E-state index in [2.05, 4.69) is 26.1 Å². The minimum Gasteiger partial charge on any atom is -0.445 e. The van der Waals surface area contributed by atoms with Crippen molar-refractivity contribution in [3.63, 3.8) is 0 Å². The van der Waals surface area contributed by atoms with E-state index in [1.54, 1.807) is 37.4 Å². The number of aromatic nitrogens is 2. The maximum Gasteiger partial charge on any atom is 0.407 e. The summed E-state index contributed by atoms with van der Waals surface area (Å²) < 4.78 is 6.41. The van der Waals surface area contributed by atoms with E-state index in [0.717, 1.165) is 17.5 Å². The number of fused-ring (bicyclic) bond motifs is 1. The average Bonchev–Trinajstić information content (AvgIpc) is 3.40. The van der Waals surface area contributed by atoms with E-state index in [0.29, 0.717) is 28.4 Å². The number of nitrogens with two attached hydrogens (primary N) is 2. The van der Waals surface area contributed by atoms with Crippen molar-refractivity contribution in [3.05, 3.63) is 129 Å². The largest absolute Gasteiger partial charge is 0.445 e. The van der Waals surface area contributed by atoms with Gasteiger partial charge in [-0.1, -0.05) is 72.8 Å². The molecule has 0 saturated heterocycles. The monoisotopic (exact) mass is 727 g/mol. The summed E-state index contributed by atoms with van der Waals surface area (Å²) in [5.41, 5.74) is 13.1.